The summed E-state index contributed by atoms with van der Waals surface area (Å²) < 4.78 is 4.98. The highest BCUT2D eigenvalue weighted by Gasteiger charge is 2.24. The van der Waals surface area contributed by atoms with Gasteiger partial charge in [0.15, 0.2) is 0 Å². The lowest BCUT2D eigenvalue weighted by atomic mass is 9.85. The Balaban J connectivity index is 1.56. The van der Waals surface area contributed by atoms with Crippen molar-refractivity contribution in [3.63, 3.8) is 0 Å². The fourth-order valence-corrected chi connectivity index (χ4v) is 4.19. The van der Waals surface area contributed by atoms with Gasteiger partial charge in [-0.1, -0.05) is 49.4 Å². The van der Waals surface area contributed by atoms with Crippen LogP contribution >= 0.6 is 0 Å². The number of hydrogen-bond acceptors (Lipinski definition) is 4. The zero-order valence-electron chi connectivity index (χ0n) is 17.4. The average molecular weight is 397 g/mol. The molecule has 156 valence electrons. The molecule has 5 heteroatoms. The van der Waals surface area contributed by atoms with E-state index in [1.165, 1.54) is 25.3 Å². The van der Waals surface area contributed by atoms with E-state index < -0.39 is 5.92 Å². The normalized spacial score (nSPS) is 18.8. The van der Waals surface area contributed by atoms with Gasteiger partial charge in [-0.15, -0.1) is 0 Å². The summed E-state index contributed by atoms with van der Waals surface area (Å²) in [5.41, 5.74) is 1.06. The number of esters is 1. The van der Waals surface area contributed by atoms with Crippen LogP contribution in [0.15, 0.2) is 42.5 Å². The number of methoxy groups -OCH3 is 1. The highest BCUT2D eigenvalue weighted by Crippen LogP contribution is 2.22. The molecule has 2 N–H and O–H groups in total. The summed E-state index contributed by atoms with van der Waals surface area (Å²) in [5, 5.41) is 8.69. The Morgan fingerprint density at radius 1 is 1.21 bits per heavy atom. The molecule has 2 aromatic rings. The van der Waals surface area contributed by atoms with Gasteiger partial charge < -0.3 is 15.4 Å². The first-order valence-electron chi connectivity index (χ1n) is 10.6. The van der Waals surface area contributed by atoms with Gasteiger partial charge in [0.25, 0.3) is 0 Å². The predicted octanol–water partition coefficient (Wildman–Crippen LogP) is 3.31. The number of fused-ring (bicyclic) bond motifs is 1. The first kappa shape index (κ1) is 21.3. The SMILES string of the molecule is COC(=O)C(CNC(=O)CC(C)C1CCCNC1)Cc1ccc2ccccc2c1. The summed E-state index contributed by atoms with van der Waals surface area (Å²) in [5.74, 6) is 0.207. The monoisotopic (exact) mass is 396 g/mol. The van der Waals surface area contributed by atoms with Crippen molar-refractivity contribution in [1.29, 1.82) is 0 Å². The topological polar surface area (TPSA) is 67.4 Å². The van der Waals surface area contributed by atoms with Gasteiger partial charge in [0, 0.05) is 13.0 Å². The molecule has 1 aliphatic rings. The fraction of sp³-hybridized carbons (Fsp3) is 0.500. The Morgan fingerprint density at radius 3 is 2.72 bits per heavy atom. The van der Waals surface area contributed by atoms with Crippen LogP contribution in [-0.4, -0.2) is 38.6 Å². The van der Waals surface area contributed by atoms with Crippen molar-refractivity contribution in [2.75, 3.05) is 26.7 Å². The number of benzene rings is 2. The van der Waals surface area contributed by atoms with Crippen molar-refractivity contribution in [2.45, 2.75) is 32.6 Å². The Labute approximate surface area is 173 Å². The second-order valence-corrected chi connectivity index (χ2v) is 8.20. The minimum atomic E-state index is -0.392. The first-order valence-corrected chi connectivity index (χ1v) is 10.6. The molecule has 1 heterocycles. The summed E-state index contributed by atoms with van der Waals surface area (Å²) in [6.07, 6.45) is 3.39. The lowest BCUT2D eigenvalue weighted by Crippen LogP contribution is -2.38. The number of piperidine rings is 1. The summed E-state index contributed by atoms with van der Waals surface area (Å²) in [6, 6.07) is 14.4. The molecule has 5 nitrogen and oxygen atoms in total. The summed E-state index contributed by atoms with van der Waals surface area (Å²) in [6.45, 7) is 4.50. The van der Waals surface area contributed by atoms with Crippen molar-refractivity contribution in [2.24, 2.45) is 17.8 Å². The molecular formula is C24H32N2O3. The van der Waals surface area contributed by atoms with Crippen LogP contribution in [0.4, 0.5) is 0 Å². The van der Waals surface area contributed by atoms with E-state index >= 15 is 0 Å². The molecule has 0 aliphatic carbocycles. The minimum absolute atomic E-state index is 0.00971. The third kappa shape index (κ3) is 6.04. The van der Waals surface area contributed by atoms with Gasteiger partial charge in [-0.25, -0.2) is 0 Å². The maximum Gasteiger partial charge on any atom is 0.310 e. The van der Waals surface area contributed by atoms with Crippen LogP contribution in [0.5, 0.6) is 0 Å². The minimum Gasteiger partial charge on any atom is -0.469 e. The third-order valence-corrected chi connectivity index (χ3v) is 6.02. The molecule has 1 saturated heterocycles. The lowest BCUT2D eigenvalue weighted by molar-refractivity contribution is -0.145. The van der Waals surface area contributed by atoms with E-state index in [1.807, 2.05) is 18.2 Å². The smallest absolute Gasteiger partial charge is 0.310 e. The van der Waals surface area contributed by atoms with Crippen molar-refractivity contribution in [1.82, 2.24) is 10.6 Å². The van der Waals surface area contributed by atoms with Crippen LogP contribution in [0, 0.1) is 17.8 Å². The molecular weight excluding hydrogens is 364 g/mol. The predicted molar refractivity (Wildman–Crippen MR) is 116 cm³/mol. The summed E-state index contributed by atoms with van der Waals surface area (Å²) in [4.78, 5) is 24.7. The lowest BCUT2D eigenvalue weighted by Gasteiger charge is -2.28. The van der Waals surface area contributed by atoms with Gasteiger partial charge in [-0.2, -0.15) is 0 Å². The third-order valence-electron chi connectivity index (χ3n) is 6.02. The largest absolute Gasteiger partial charge is 0.469 e. The molecule has 3 unspecified atom stereocenters. The van der Waals surface area contributed by atoms with Gasteiger partial charge in [-0.05, 0) is 60.5 Å². The molecule has 1 fully saturated rings. The summed E-state index contributed by atoms with van der Waals surface area (Å²) >= 11 is 0. The van der Waals surface area contributed by atoms with Crippen LogP contribution in [0.25, 0.3) is 10.8 Å². The quantitative estimate of drug-likeness (QED) is 0.672. The van der Waals surface area contributed by atoms with Crippen LogP contribution < -0.4 is 10.6 Å². The highest BCUT2D eigenvalue weighted by atomic mass is 16.5. The van der Waals surface area contributed by atoms with E-state index in [0.29, 0.717) is 31.2 Å². The molecule has 1 aliphatic heterocycles. The van der Waals surface area contributed by atoms with Gasteiger partial charge in [0.1, 0.15) is 0 Å². The van der Waals surface area contributed by atoms with Gasteiger partial charge in [-0.3, -0.25) is 9.59 Å². The molecule has 0 radical (unpaired) electrons. The van der Waals surface area contributed by atoms with Gasteiger partial charge in [0.05, 0.1) is 13.0 Å². The van der Waals surface area contributed by atoms with Crippen LogP contribution in [0.2, 0.25) is 0 Å². The first-order chi connectivity index (χ1) is 14.1. The molecule has 2 aromatic carbocycles. The van der Waals surface area contributed by atoms with E-state index in [4.69, 9.17) is 4.74 Å². The Bertz CT molecular complexity index is 830. The van der Waals surface area contributed by atoms with E-state index in [0.717, 1.165) is 24.0 Å². The average Bonchev–Trinajstić information content (AvgIpc) is 2.76. The molecule has 0 spiro atoms. The number of nitrogens with one attached hydrogen (secondary N) is 2. The van der Waals surface area contributed by atoms with E-state index in [2.05, 4.69) is 41.8 Å². The van der Waals surface area contributed by atoms with Crippen LogP contribution in [-0.2, 0) is 20.7 Å². The zero-order valence-corrected chi connectivity index (χ0v) is 17.4. The van der Waals surface area contributed by atoms with Crippen molar-refractivity contribution in [3.8, 4) is 0 Å². The molecule has 0 aromatic heterocycles. The molecule has 0 saturated carbocycles. The molecule has 3 rings (SSSR count). The van der Waals surface area contributed by atoms with Crippen molar-refractivity contribution < 1.29 is 14.3 Å². The van der Waals surface area contributed by atoms with E-state index in [-0.39, 0.29) is 11.9 Å². The molecule has 0 bridgehead atoms. The number of ether oxygens (including phenoxy) is 1. The highest BCUT2D eigenvalue weighted by molar-refractivity contribution is 5.83. The fourth-order valence-electron chi connectivity index (χ4n) is 4.19. The maximum atomic E-state index is 12.5. The molecule has 1 amide bonds. The van der Waals surface area contributed by atoms with Gasteiger partial charge >= 0.3 is 5.97 Å². The second kappa shape index (κ2) is 10.4. The Kier molecular flexibility index (Phi) is 7.64. The number of hydrogen-bond donors (Lipinski definition) is 2. The maximum absolute atomic E-state index is 12.5. The summed E-state index contributed by atoms with van der Waals surface area (Å²) in [7, 11) is 1.40. The second-order valence-electron chi connectivity index (χ2n) is 8.20. The zero-order chi connectivity index (χ0) is 20.6. The van der Waals surface area contributed by atoms with Crippen LogP contribution in [0.3, 0.4) is 0 Å². The number of carbonyl (C=O) groups excluding carboxylic acids is 2. The van der Waals surface area contributed by atoms with Gasteiger partial charge in [0.2, 0.25) is 5.91 Å². The molecule has 29 heavy (non-hydrogen) atoms. The standard InChI is InChI=1S/C24H32N2O3/c1-17(21-8-5-11-25-15-21)12-23(27)26-16-22(24(28)29-2)14-18-9-10-19-6-3-4-7-20(19)13-18/h3-4,6-7,9-10,13,17,21-22,25H,5,8,11-12,14-16H2,1-2H3,(H,26,27). The Hall–Kier alpha value is -2.40. The van der Waals surface area contributed by atoms with Crippen LogP contribution in [0.1, 0.15) is 31.7 Å². The number of rotatable bonds is 8. The number of carbonyl (C=O) groups is 2. The van der Waals surface area contributed by atoms with E-state index in [1.54, 1.807) is 0 Å². The van der Waals surface area contributed by atoms with Crippen molar-refractivity contribution in [3.05, 3.63) is 48.0 Å². The number of amides is 1. The van der Waals surface area contributed by atoms with E-state index in [9.17, 15) is 9.59 Å². The Morgan fingerprint density at radius 2 is 2.00 bits per heavy atom. The molecule has 3 atom stereocenters. The van der Waals surface area contributed by atoms with Crippen molar-refractivity contribution >= 4 is 22.6 Å².